The van der Waals surface area contributed by atoms with E-state index in [-0.39, 0.29) is 5.41 Å². The van der Waals surface area contributed by atoms with Gasteiger partial charge in [0, 0.05) is 46.2 Å². The first-order valence-electron chi connectivity index (χ1n) is 8.21. The van der Waals surface area contributed by atoms with Crippen LogP contribution in [0.1, 0.15) is 29.7 Å². The van der Waals surface area contributed by atoms with Gasteiger partial charge in [0.1, 0.15) is 5.75 Å². The molecule has 1 saturated carbocycles. The predicted octanol–water partition coefficient (Wildman–Crippen LogP) is 2.24. The van der Waals surface area contributed by atoms with Crippen molar-refractivity contribution in [1.82, 2.24) is 14.5 Å². The van der Waals surface area contributed by atoms with Crippen LogP contribution >= 0.6 is 0 Å². The third kappa shape index (κ3) is 2.39. The largest absolute Gasteiger partial charge is 0.508 e. The summed E-state index contributed by atoms with van der Waals surface area (Å²) < 4.78 is 2.17. The van der Waals surface area contributed by atoms with E-state index in [0.717, 1.165) is 25.6 Å². The number of aromatic hydroxyl groups is 1. The maximum Gasteiger partial charge on any atom is 0.204 e. The van der Waals surface area contributed by atoms with Crippen LogP contribution in [0.2, 0.25) is 0 Å². The van der Waals surface area contributed by atoms with E-state index in [1.54, 1.807) is 0 Å². The van der Waals surface area contributed by atoms with E-state index in [4.69, 9.17) is 0 Å². The number of fused-ring (bicyclic) bond motifs is 2. The van der Waals surface area contributed by atoms with Gasteiger partial charge in [-0.15, -0.1) is 0 Å². The van der Waals surface area contributed by atoms with E-state index in [9.17, 15) is 5.11 Å². The summed E-state index contributed by atoms with van der Waals surface area (Å²) >= 11 is 0. The number of imidazole rings is 1. The number of nitrogens with zero attached hydrogens (tertiary/aromatic N) is 4. The maximum atomic E-state index is 9.81. The summed E-state index contributed by atoms with van der Waals surface area (Å²) in [5.41, 5.74) is 4.25. The van der Waals surface area contributed by atoms with Gasteiger partial charge >= 0.3 is 0 Å². The first kappa shape index (κ1) is 14.6. The van der Waals surface area contributed by atoms with Gasteiger partial charge in [0.05, 0.1) is 11.9 Å². The van der Waals surface area contributed by atoms with E-state index in [2.05, 4.69) is 27.6 Å². The first-order valence-corrected chi connectivity index (χ1v) is 8.21. The van der Waals surface area contributed by atoms with Gasteiger partial charge in [-0.05, 0) is 36.1 Å². The molecule has 0 bridgehead atoms. The van der Waals surface area contributed by atoms with Crippen LogP contribution in [-0.2, 0) is 25.6 Å². The van der Waals surface area contributed by atoms with Gasteiger partial charge in [-0.3, -0.25) is 4.90 Å². The van der Waals surface area contributed by atoms with Crippen LogP contribution in [0.4, 0.5) is 5.95 Å². The molecule has 1 aromatic carbocycles. The lowest BCUT2D eigenvalue weighted by molar-refractivity contribution is 0.208. The molecule has 1 aliphatic carbocycles. The van der Waals surface area contributed by atoms with E-state index in [1.807, 2.05) is 37.3 Å². The minimum absolute atomic E-state index is 0.273. The smallest absolute Gasteiger partial charge is 0.204 e. The molecular weight excluding hydrogens is 288 g/mol. The van der Waals surface area contributed by atoms with Crippen LogP contribution in [0.5, 0.6) is 5.75 Å². The summed E-state index contributed by atoms with van der Waals surface area (Å²) in [6.45, 7) is 2.94. The lowest BCUT2D eigenvalue weighted by Crippen LogP contribution is -2.37. The normalized spacial score (nSPS) is 18.9. The van der Waals surface area contributed by atoms with Gasteiger partial charge in [-0.25, -0.2) is 4.98 Å². The van der Waals surface area contributed by atoms with Gasteiger partial charge < -0.3 is 14.6 Å². The Hall–Kier alpha value is -2.01. The van der Waals surface area contributed by atoms with Crippen molar-refractivity contribution >= 4 is 5.95 Å². The van der Waals surface area contributed by atoms with Crippen molar-refractivity contribution in [3.05, 3.63) is 41.2 Å². The Balaban J connectivity index is 1.59. The number of aromatic nitrogens is 2. The monoisotopic (exact) mass is 312 g/mol. The second kappa shape index (κ2) is 4.99. The number of benzene rings is 1. The Labute approximate surface area is 137 Å². The van der Waals surface area contributed by atoms with Crippen molar-refractivity contribution in [1.29, 1.82) is 0 Å². The van der Waals surface area contributed by atoms with Crippen LogP contribution in [-0.4, -0.2) is 40.2 Å². The third-order valence-electron chi connectivity index (χ3n) is 5.28. The zero-order valence-corrected chi connectivity index (χ0v) is 14.1. The predicted molar refractivity (Wildman–Crippen MR) is 90.7 cm³/mol. The summed E-state index contributed by atoms with van der Waals surface area (Å²) in [7, 11) is 6.13. The third-order valence-corrected chi connectivity index (χ3v) is 5.28. The molecule has 4 rings (SSSR count). The molecule has 122 valence electrons. The molecule has 5 nitrogen and oxygen atoms in total. The average molecular weight is 312 g/mol. The molecule has 0 atom stereocenters. The Bertz CT molecular complexity index is 745. The van der Waals surface area contributed by atoms with Crippen molar-refractivity contribution in [2.45, 2.75) is 31.3 Å². The number of rotatable bonds is 3. The van der Waals surface area contributed by atoms with Gasteiger partial charge in [0.2, 0.25) is 5.95 Å². The first-order chi connectivity index (χ1) is 11.0. The minimum Gasteiger partial charge on any atom is -0.508 e. The van der Waals surface area contributed by atoms with Crippen LogP contribution in [0.3, 0.4) is 0 Å². The summed E-state index contributed by atoms with van der Waals surface area (Å²) in [6.07, 6.45) is 4.45. The molecule has 0 amide bonds. The molecule has 0 unspecified atom stereocenters. The average Bonchev–Trinajstić information content (AvgIpc) is 3.17. The molecule has 5 heteroatoms. The summed E-state index contributed by atoms with van der Waals surface area (Å²) in [5, 5.41) is 9.81. The molecule has 2 heterocycles. The lowest BCUT2D eigenvalue weighted by Gasteiger charge is -2.35. The van der Waals surface area contributed by atoms with E-state index >= 15 is 0 Å². The number of phenols is 1. The van der Waals surface area contributed by atoms with Gasteiger partial charge in [0.25, 0.3) is 0 Å². The molecular formula is C18H24N4O. The standard InChI is InChI=1S/C18H24N4O/c1-20(2)17-19-9-14(21(17)3)11-22-10-13-4-5-15(23)8-16(13)18(12-22)6-7-18/h4-5,8-9,23H,6-7,10-12H2,1-3H3. The lowest BCUT2D eigenvalue weighted by atomic mass is 9.86. The second-order valence-corrected chi connectivity index (χ2v) is 7.27. The molecule has 23 heavy (non-hydrogen) atoms. The highest BCUT2D eigenvalue weighted by Gasteiger charge is 2.49. The Morgan fingerprint density at radius 2 is 2.09 bits per heavy atom. The van der Waals surface area contributed by atoms with Gasteiger partial charge in [-0.1, -0.05) is 6.07 Å². The fourth-order valence-corrected chi connectivity index (χ4v) is 3.92. The van der Waals surface area contributed by atoms with Crippen molar-refractivity contribution in [3.63, 3.8) is 0 Å². The Morgan fingerprint density at radius 1 is 1.30 bits per heavy atom. The molecule has 2 aromatic rings. The van der Waals surface area contributed by atoms with Gasteiger partial charge in [-0.2, -0.15) is 0 Å². The van der Waals surface area contributed by atoms with Crippen molar-refractivity contribution in [2.75, 3.05) is 25.5 Å². The number of phenolic OH excluding ortho intramolecular Hbond substituents is 1. The molecule has 1 aliphatic heterocycles. The second-order valence-electron chi connectivity index (χ2n) is 7.27. The number of hydrogen-bond donors (Lipinski definition) is 1. The molecule has 0 radical (unpaired) electrons. The van der Waals surface area contributed by atoms with Crippen molar-refractivity contribution in [3.8, 4) is 5.75 Å². The fourth-order valence-electron chi connectivity index (χ4n) is 3.92. The number of anilines is 1. The molecule has 0 saturated heterocycles. The molecule has 2 aliphatic rings. The van der Waals surface area contributed by atoms with E-state index in [0.29, 0.717) is 5.75 Å². The minimum atomic E-state index is 0.273. The SMILES string of the molecule is CN(C)c1ncc(CN2Cc3ccc(O)cc3C3(CC3)C2)n1C. The summed E-state index contributed by atoms with van der Waals surface area (Å²) in [4.78, 5) is 9.08. The maximum absolute atomic E-state index is 9.81. The zero-order chi connectivity index (χ0) is 16.2. The van der Waals surface area contributed by atoms with Crippen molar-refractivity contribution in [2.24, 2.45) is 7.05 Å². The Kier molecular flexibility index (Phi) is 3.17. The highest BCUT2D eigenvalue weighted by atomic mass is 16.3. The quantitative estimate of drug-likeness (QED) is 0.944. The highest BCUT2D eigenvalue weighted by Crippen LogP contribution is 2.53. The zero-order valence-electron chi connectivity index (χ0n) is 14.1. The molecule has 1 fully saturated rings. The summed E-state index contributed by atoms with van der Waals surface area (Å²) in [6, 6.07) is 5.88. The highest BCUT2D eigenvalue weighted by molar-refractivity contribution is 5.45. The Morgan fingerprint density at radius 3 is 2.74 bits per heavy atom. The van der Waals surface area contributed by atoms with Crippen LogP contribution < -0.4 is 4.90 Å². The molecule has 1 aromatic heterocycles. The van der Waals surface area contributed by atoms with E-state index < -0.39 is 0 Å². The topological polar surface area (TPSA) is 44.5 Å². The van der Waals surface area contributed by atoms with Gasteiger partial charge in [0.15, 0.2) is 0 Å². The molecule has 1 N–H and O–H groups in total. The number of hydrogen-bond acceptors (Lipinski definition) is 4. The summed E-state index contributed by atoms with van der Waals surface area (Å²) in [5.74, 6) is 1.38. The van der Waals surface area contributed by atoms with E-state index in [1.165, 1.54) is 29.7 Å². The fraction of sp³-hybridized carbons (Fsp3) is 0.500. The van der Waals surface area contributed by atoms with Crippen LogP contribution in [0.25, 0.3) is 0 Å². The van der Waals surface area contributed by atoms with Crippen molar-refractivity contribution < 1.29 is 5.11 Å². The van der Waals surface area contributed by atoms with Crippen LogP contribution in [0, 0.1) is 0 Å². The molecule has 1 spiro atoms. The van der Waals surface area contributed by atoms with Crippen LogP contribution in [0.15, 0.2) is 24.4 Å².